The highest BCUT2D eigenvalue weighted by Gasteiger charge is 2.42. The molecule has 0 saturated carbocycles. The zero-order valence-electron chi connectivity index (χ0n) is 18.1. The van der Waals surface area contributed by atoms with E-state index in [0.717, 1.165) is 52.8 Å². The van der Waals surface area contributed by atoms with Crippen molar-refractivity contribution in [2.75, 3.05) is 19.7 Å². The summed E-state index contributed by atoms with van der Waals surface area (Å²) in [5, 5.41) is 9.50. The van der Waals surface area contributed by atoms with Gasteiger partial charge in [0.2, 0.25) is 0 Å². The van der Waals surface area contributed by atoms with Crippen molar-refractivity contribution in [3.63, 3.8) is 0 Å². The van der Waals surface area contributed by atoms with Crippen molar-refractivity contribution in [3.8, 4) is 0 Å². The maximum atomic E-state index is 12.4. The average Bonchev–Trinajstić information content (AvgIpc) is 3.38. The quantitative estimate of drug-likeness (QED) is 0.692. The molecule has 4 heterocycles. The van der Waals surface area contributed by atoms with E-state index in [2.05, 4.69) is 33.4 Å². The number of ether oxygens (including phenoxy) is 2. The standard InChI is InChI=1S/C22H28BrN5O3/c1-22(2,3)31-21(29)27-11-15-16(12-27)25-20(24-15)19-14-8-7-13(23)10-17(14)28(26-19)18-6-4-5-9-30-18/h7-8,10,15-16,18H,4-6,9,11-12H2,1-3H3,(H,24,25). The predicted molar refractivity (Wildman–Crippen MR) is 121 cm³/mol. The van der Waals surface area contributed by atoms with E-state index in [4.69, 9.17) is 19.6 Å². The summed E-state index contributed by atoms with van der Waals surface area (Å²) >= 11 is 3.59. The van der Waals surface area contributed by atoms with Crippen LogP contribution in [0.15, 0.2) is 27.7 Å². The molecule has 3 unspecified atom stereocenters. The molecule has 1 N–H and O–H groups in total. The van der Waals surface area contributed by atoms with Crippen LogP contribution in [0.5, 0.6) is 0 Å². The van der Waals surface area contributed by atoms with Crippen LogP contribution in [0.2, 0.25) is 0 Å². The minimum absolute atomic E-state index is 0.00379. The number of hydrogen-bond donors (Lipinski definition) is 1. The lowest BCUT2D eigenvalue weighted by atomic mass is 10.1. The predicted octanol–water partition coefficient (Wildman–Crippen LogP) is 3.84. The van der Waals surface area contributed by atoms with Crippen LogP contribution in [0.3, 0.4) is 0 Å². The number of likely N-dealkylation sites (tertiary alicyclic amines) is 1. The van der Waals surface area contributed by atoms with Crippen molar-refractivity contribution < 1.29 is 14.3 Å². The minimum Gasteiger partial charge on any atom is -0.444 e. The van der Waals surface area contributed by atoms with Crippen LogP contribution in [0, 0.1) is 0 Å². The molecule has 3 atom stereocenters. The molecule has 166 valence electrons. The SMILES string of the molecule is CC(C)(C)OC(=O)N1CC2N=C(c3nn(C4CCCCO4)c4cc(Br)ccc34)NC2C1. The molecule has 1 aromatic heterocycles. The molecule has 3 aliphatic heterocycles. The molecule has 8 nitrogen and oxygen atoms in total. The summed E-state index contributed by atoms with van der Waals surface area (Å²) in [6.07, 6.45) is 2.86. The summed E-state index contributed by atoms with van der Waals surface area (Å²) in [6.45, 7) is 7.53. The monoisotopic (exact) mass is 489 g/mol. The number of benzene rings is 1. The van der Waals surface area contributed by atoms with Crippen molar-refractivity contribution in [3.05, 3.63) is 28.4 Å². The fourth-order valence-corrected chi connectivity index (χ4v) is 4.81. The number of amides is 1. The molecule has 9 heteroatoms. The lowest BCUT2D eigenvalue weighted by Gasteiger charge is -2.24. The highest BCUT2D eigenvalue weighted by atomic mass is 79.9. The number of nitrogens with one attached hydrogen (secondary N) is 1. The second-order valence-corrected chi connectivity index (χ2v) is 10.4. The molecule has 3 aliphatic rings. The van der Waals surface area contributed by atoms with Gasteiger partial charge >= 0.3 is 6.09 Å². The van der Waals surface area contributed by atoms with Gasteiger partial charge in [0.05, 0.1) is 17.6 Å². The van der Waals surface area contributed by atoms with E-state index >= 15 is 0 Å². The van der Waals surface area contributed by atoms with E-state index in [1.807, 2.05) is 31.5 Å². The third-order valence-electron chi connectivity index (χ3n) is 5.88. The van der Waals surface area contributed by atoms with Crippen LogP contribution in [0.1, 0.15) is 52.0 Å². The molecule has 0 radical (unpaired) electrons. The maximum Gasteiger partial charge on any atom is 0.410 e. The smallest absolute Gasteiger partial charge is 0.410 e. The molecule has 1 amide bonds. The van der Waals surface area contributed by atoms with Crippen molar-refractivity contribution >= 4 is 38.8 Å². The molecule has 31 heavy (non-hydrogen) atoms. The Balaban J connectivity index is 1.41. The Morgan fingerprint density at radius 1 is 1.29 bits per heavy atom. The first kappa shape index (κ1) is 20.8. The number of carbonyl (C=O) groups excluding carboxylic acids is 1. The first-order chi connectivity index (χ1) is 14.8. The van der Waals surface area contributed by atoms with Crippen LogP contribution in [-0.2, 0) is 9.47 Å². The van der Waals surface area contributed by atoms with Gasteiger partial charge in [0, 0.05) is 29.6 Å². The lowest BCUT2D eigenvalue weighted by Crippen LogP contribution is -2.39. The van der Waals surface area contributed by atoms with Crippen molar-refractivity contribution in [2.45, 2.75) is 63.9 Å². The Labute approximate surface area is 190 Å². The first-order valence-corrected chi connectivity index (χ1v) is 11.7. The molecule has 2 saturated heterocycles. The highest BCUT2D eigenvalue weighted by molar-refractivity contribution is 9.10. The number of halogens is 1. The third kappa shape index (κ3) is 4.05. The van der Waals surface area contributed by atoms with E-state index < -0.39 is 5.60 Å². The van der Waals surface area contributed by atoms with Crippen LogP contribution < -0.4 is 5.32 Å². The van der Waals surface area contributed by atoms with Crippen molar-refractivity contribution in [1.82, 2.24) is 20.0 Å². The molecule has 5 rings (SSSR count). The summed E-state index contributed by atoms with van der Waals surface area (Å²) in [5.74, 6) is 0.792. The second kappa shape index (κ2) is 7.78. The van der Waals surface area contributed by atoms with Gasteiger partial charge in [0.15, 0.2) is 12.1 Å². The molecular weight excluding hydrogens is 462 g/mol. The third-order valence-corrected chi connectivity index (χ3v) is 6.37. The molecule has 0 bridgehead atoms. The van der Waals surface area contributed by atoms with E-state index in [-0.39, 0.29) is 24.4 Å². The molecule has 1 aromatic carbocycles. The van der Waals surface area contributed by atoms with Gasteiger partial charge in [-0.25, -0.2) is 9.48 Å². The number of aliphatic imine (C=N–C) groups is 1. The maximum absolute atomic E-state index is 12.4. The Morgan fingerprint density at radius 2 is 2.13 bits per heavy atom. The van der Waals surface area contributed by atoms with Crippen LogP contribution in [0.4, 0.5) is 4.79 Å². The molecule has 0 spiro atoms. The lowest BCUT2D eigenvalue weighted by molar-refractivity contribution is -0.0367. The van der Waals surface area contributed by atoms with Crippen molar-refractivity contribution in [2.24, 2.45) is 4.99 Å². The summed E-state index contributed by atoms with van der Waals surface area (Å²) in [5.41, 5.74) is 1.38. The first-order valence-electron chi connectivity index (χ1n) is 10.9. The van der Waals surface area contributed by atoms with Gasteiger partial charge in [-0.2, -0.15) is 5.10 Å². The van der Waals surface area contributed by atoms with Gasteiger partial charge in [-0.05, 0) is 58.2 Å². The number of amidine groups is 1. The molecule has 2 aromatic rings. The Hall–Kier alpha value is -2.13. The Kier molecular flexibility index (Phi) is 5.21. The van der Waals surface area contributed by atoms with Gasteiger partial charge in [0.1, 0.15) is 11.3 Å². The second-order valence-electron chi connectivity index (χ2n) is 9.46. The van der Waals surface area contributed by atoms with Crippen LogP contribution in [-0.4, -0.2) is 64.0 Å². The van der Waals surface area contributed by atoms with Gasteiger partial charge in [-0.1, -0.05) is 15.9 Å². The average molecular weight is 490 g/mol. The summed E-state index contributed by atoms with van der Waals surface area (Å²) in [7, 11) is 0. The summed E-state index contributed by atoms with van der Waals surface area (Å²) in [6, 6.07) is 6.27. The topological polar surface area (TPSA) is 81.0 Å². The summed E-state index contributed by atoms with van der Waals surface area (Å²) in [4.78, 5) is 19.1. The fourth-order valence-electron chi connectivity index (χ4n) is 4.46. The van der Waals surface area contributed by atoms with E-state index in [9.17, 15) is 4.79 Å². The van der Waals surface area contributed by atoms with Crippen LogP contribution >= 0.6 is 15.9 Å². The number of nitrogens with zero attached hydrogens (tertiary/aromatic N) is 4. The number of hydrogen-bond acceptors (Lipinski definition) is 6. The van der Waals surface area contributed by atoms with E-state index in [1.54, 1.807) is 4.90 Å². The number of carbonyl (C=O) groups is 1. The minimum atomic E-state index is -0.502. The van der Waals surface area contributed by atoms with E-state index in [0.29, 0.717) is 13.1 Å². The van der Waals surface area contributed by atoms with Crippen molar-refractivity contribution in [1.29, 1.82) is 0 Å². The van der Waals surface area contributed by atoms with Crippen LogP contribution in [0.25, 0.3) is 10.9 Å². The van der Waals surface area contributed by atoms with Gasteiger partial charge in [0.25, 0.3) is 0 Å². The zero-order valence-corrected chi connectivity index (χ0v) is 19.7. The van der Waals surface area contributed by atoms with Gasteiger partial charge in [-0.15, -0.1) is 0 Å². The normalized spacial score (nSPS) is 26.0. The number of fused-ring (bicyclic) bond motifs is 2. The molecule has 2 fully saturated rings. The summed E-state index contributed by atoms with van der Waals surface area (Å²) < 4.78 is 14.5. The number of rotatable bonds is 2. The van der Waals surface area contributed by atoms with E-state index in [1.165, 1.54) is 0 Å². The largest absolute Gasteiger partial charge is 0.444 e. The molecular formula is C22H28BrN5O3. The fraction of sp³-hybridized carbons (Fsp3) is 0.591. The van der Waals surface area contributed by atoms with Gasteiger partial charge in [-0.3, -0.25) is 4.99 Å². The Morgan fingerprint density at radius 3 is 2.84 bits per heavy atom. The molecule has 0 aliphatic carbocycles. The van der Waals surface area contributed by atoms with Gasteiger partial charge < -0.3 is 19.7 Å². The number of aromatic nitrogens is 2. The highest BCUT2D eigenvalue weighted by Crippen LogP contribution is 2.31. The zero-order chi connectivity index (χ0) is 21.8. The Bertz CT molecular complexity index is 1040.